The highest BCUT2D eigenvalue weighted by Gasteiger charge is 2.29. The molecular formula is C25H32Cl2N2O2. The van der Waals surface area contributed by atoms with E-state index in [9.17, 15) is 9.59 Å². The van der Waals surface area contributed by atoms with Gasteiger partial charge in [-0.3, -0.25) is 9.59 Å². The van der Waals surface area contributed by atoms with Gasteiger partial charge in [0.15, 0.2) is 0 Å². The maximum Gasteiger partial charge on any atom is 0.243 e. The minimum atomic E-state index is -0.584. The fourth-order valence-corrected chi connectivity index (χ4v) is 4.11. The van der Waals surface area contributed by atoms with Crippen LogP contribution >= 0.6 is 23.2 Å². The molecule has 2 aromatic rings. The first-order valence-corrected chi connectivity index (χ1v) is 11.5. The van der Waals surface area contributed by atoms with Gasteiger partial charge in [0.1, 0.15) is 6.04 Å². The summed E-state index contributed by atoms with van der Waals surface area (Å²) in [5.41, 5.74) is 3.91. The van der Waals surface area contributed by atoms with E-state index < -0.39 is 6.04 Å². The fourth-order valence-electron chi connectivity index (χ4n) is 3.64. The molecule has 0 bridgehead atoms. The molecule has 2 atom stereocenters. The molecule has 0 aromatic heterocycles. The van der Waals surface area contributed by atoms with E-state index in [0.29, 0.717) is 16.5 Å². The SMILES string of the molecule is CC[C@@H](C)NC(=O)[C@@H](CC)N(Cc1ccc(Cl)cc1Cl)C(=O)Cc1cc(C)cc(C)c1. The van der Waals surface area contributed by atoms with Crippen molar-refractivity contribution in [2.24, 2.45) is 0 Å². The van der Waals surface area contributed by atoms with Gasteiger partial charge in [0.05, 0.1) is 6.42 Å². The maximum absolute atomic E-state index is 13.5. The summed E-state index contributed by atoms with van der Waals surface area (Å²) in [5, 5.41) is 4.03. The van der Waals surface area contributed by atoms with Gasteiger partial charge in [0, 0.05) is 22.6 Å². The van der Waals surface area contributed by atoms with E-state index in [-0.39, 0.29) is 30.8 Å². The van der Waals surface area contributed by atoms with E-state index in [1.807, 2.05) is 46.8 Å². The number of halogens is 2. The average Bonchev–Trinajstić information content (AvgIpc) is 2.68. The van der Waals surface area contributed by atoms with Crippen molar-refractivity contribution in [3.8, 4) is 0 Å². The molecule has 0 spiro atoms. The number of amides is 2. The molecule has 0 aliphatic carbocycles. The topological polar surface area (TPSA) is 49.4 Å². The monoisotopic (exact) mass is 462 g/mol. The van der Waals surface area contributed by atoms with Crippen LogP contribution in [0.15, 0.2) is 36.4 Å². The number of rotatable bonds is 9. The molecular weight excluding hydrogens is 431 g/mol. The van der Waals surface area contributed by atoms with Crippen molar-refractivity contribution in [2.45, 2.75) is 72.5 Å². The first kappa shape index (κ1) is 25.2. The van der Waals surface area contributed by atoms with Gasteiger partial charge >= 0.3 is 0 Å². The van der Waals surface area contributed by atoms with Gasteiger partial charge in [-0.2, -0.15) is 0 Å². The molecule has 4 nitrogen and oxygen atoms in total. The fraction of sp³-hybridized carbons (Fsp3) is 0.440. The van der Waals surface area contributed by atoms with Crippen LogP contribution in [-0.2, 0) is 22.6 Å². The highest BCUT2D eigenvalue weighted by Crippen LogP contribution is 2.24. The predicted octanol–water partition coefficient (Wildman–Crippen LogP) is 5.87. The highest BCUT2D eigenvalue weighted by atomic mass is 35.5. The number of nitrogens with zero attached hydrogens (tertiary/aromatic N) is 1. The zero-order chi connectivity index (χ0) is 23.1. The lowest BCUT2D eigenvalue weighted by atomic mass is 10.0. The quantitative estimate of drug-likeness (QED) is 0.505. The summed E-state index contributed by atoms with van der Waals surface area (Å²) in [4.78, 5) is 28.1. The van der Waals surface area contributed by atoms with Crippen LogP contribution in [0.25, 0.3) is 0 Å². The number of benzene rings is 2. The maximum atomic E-state index is 13.5. The summed E-state index contributed by atoms with van der Waals surface area (Å²) in [6, 6.07) is 10.8. The van der Waals surface area contributed by atoms with Crippen molar-refractivity contribution in [2.75, 3.05) is 0 Å². The molecule has 168 valence electrons. The Bertz CT molecular complexity index is 909. The molecule has 0 fully saturated rings. The Morgan fingerprint density at radius 3 is 2.19 bits per heavy atom. The molecule has 0 heterocycles. The second-order valence-corrected chi connectivity index (χ2v) is 9.02. The number of hydrogen-bond donors (Lipinski definition) is 1. The second kappa shape index (κ2) is 11.5. The molecule has 1 N–H and O–H groups in total. The first-order chi connectivity index (χ1) is 14.6. The van der Waals surface area contributed by atoms with Crippen LogP contribution in [0.1, 0.15) is 55.9 Å². The van der Waals surface area contributed by atoms with Gasteiger partial charge in [0.25, 0.3) is 0 Å². The lowest BCUT2D eigenvalue weighted by molar-refractivity contribution is -0.141. The molecule has 0 aliphatic rings. The predicted molar refractivity (Wildman–Crippen MR) is 129 cm³/mol. The molecule has 0 radical (unpaired) electrons. The summed E-state index contributed by atoms with van der Waals surface area (Å²) >= 11 is 12.4. The molecule has 2 aromatic carbocycles. The second-order valence-electron chi connectivity index (χ2n) is 8.17. The average molecular weight is 463 g/mol. The lowest BCUT2D eigenvalue weighted by Gasteiger charge is -2.32. The van der Waals surface area contributed by atoms with Crippen LogP contribution in [0.5, 0.6) is 0 Å². The number of hydrogen-bond acceptors (Lipinski definition) is 2. The molecule has 2 amide bonds. The largest absolute Gasteiger partial charge is 0.352 e. The van der Waals surface area contributed by atoms with Crippen LogP contribution in [0.3, 0.4) is 0 Å². The minimum absolute atomic E-state index is 0.0389. The van der Waals surface area contributed by atoms with Crippen molar-refractivity contribution in [3.63, 3.8) is 0 Å². The zero-order valence-electron chi connectivity index (χ0n) is 19.0. The summed E-state index contributed by atoms with van der Waals surface area (Å²) < 4.78 is 0. The van der Waals surface area contributed by atoms with E-state index in [4.69, 9.17) is 23.2 Å². The van der Waals surface area contributed by atoms with E-state index in [1.54, 1.807) is 23.1 Å². The normalized spacial score (nSPS) is 12.9. The Morgan fingerprint density at radius 1 is 1.00 bits per heavy atom. The molecule has 2 rings (SSSR count). The molecule has 0 aliphatic heterocycles. The zero-order valence-corrected chi connectivity index (χ0v) is 20.5. The molecule has 31 heavy (non-hydrogen) atoms. The standard InChI is InChI=1S/C25H32Cl2N2O2/c1-6-18(5)28-25(31)23(7-2)29(15-20-8-9-21(26)14-22(20)27)24(30)13-19-11-16(3)10-17(4)12-19/h8-12,14,18,23H,6-7,13,15H2,1-5H3,(H,28,31)/t18-,23-/m1/s1. The highest BCUT2D eigenvalue weighted by molar-refractivity contribution is 6.35. The smallest absolute Gasteiger partial charge is 0.243 e. The van der Waals surface area contributed by atoms with Crippen LogP contribution in [0.4, 0.5) is 0 Å². The third kappa shape index (κ3) is 7.26. The molecule has 6 heteroatoms. The number of carbonyl (C=O) groups is 2. The van der Waals surface area contributed by atoms with Crippen molar-refractivity contribution in [1.82, 2.24) is 10.2 Å². The van der Waals surface area contributed by atoms with Gasteiger partial charge in [-0.25, -0.2) is 0 Å². The molecule has 0 saturated heterocycles. The Balaban J connectivity index is 2.37. The van der Waals surface area contributed by atoms with E-state index in [0.717, 1.165) is 28.7 Å². The van der Waals surface area contributed by atoms with Crippen molar-refractivity contribution in [3.05, 3.63) is 68.7 Å². The van der Waals surface area contributed by atoms with Gasteiger partial charge < -0.3 is 10.2 Å². The molecule has 0 unspecified atom stereocenters. The van der Waals surface area contributed by atoms with E-state index >= 15 is 0 Å². The van der Waals surface area contributed by atoms with Crippen LogP contribution in [0, 0.1) is 13.8 Å². The summed E-state index contributed by atoms with van der Waals surface area (Å²) in [6.07, 6.45) is 1.55. The van der Waals surface area contributed by atoms with Gasteiger partial charge in [-0.15, -0.1) is 0 Å². The first-order valence-electron chi connectivity index (χ1n) is 10.8. The van der Waals surface area contributed by atoms with Crippen molar-refractivity contribution < 1.29 is 9.59 Å². The van der Waals surface area contributed by atoms with Gasteiger partial charge in [-0.1, -0.05) is 72.4 Å². The minimum Gasteiger partial charge on any atom is -0.352 e. The third-order valence-electron chi connectivity index (χ3n) is 5.38. The Kier molecular flexibility index (Phi) is 9.39. The van der Waals surface area contributed by atoms with Crippen molar-refractivity contribution in [1.29, 1.82) is 0 Å². The van der Waals surface area contributed by atoms with Crippen LogP contribution in [0.2, 0.25) is 10.0 Å². The number of aryl methyl sites for hydroxylation is 2. The Morgan fingerprint density at radius 2 is 1.65 bits per heavy atom. The Labute approximate surface area is 195 Å². The summed E-state index contributed by atoms with van der Waals surface area (Å²) in [6.45, 7) is 10.2. The van der Waals surface area contributed by atoms with Crippen molar-refractivity contribution >= 4 is 35.0 Å². The number of nitrogens with one attached hydrogen (secondary N) is 1. The van der Waals surface area contributed by atoms with Crippen LogP contribution < -0.4 is 5.32 Å². The summed E-state index contributed by atoms with van der Waals surface area (Å²) in [5.74, 6) is -0.252. The van der Waals surface area contributed by atoms with E-state index in [1.165, 1.54) is 0 Å². The van der Waals surface area contributed by atoms with Gasteiger partial charge in [0.2, 0.25) is 11.8 Å². The lowest BCUT2D eigenvalue weighted by Crippen LogP contribution is -2.51. The number of carbonyl (C=O) groups excluding carboxylic acids is 2. The summed E-state index contributed by atoms with van der Waals surface area (Å²) in [7, 11) is 0. The molecule has 0 saturated carbocycles. The third-order valence-corrected chi connectivity index (χ3v) is 5.97. The Hall–Kier alpha value is -2.04. The van der Waals surface area contributed by atoms with Crippen LogP contribution in [-0.4, -0.2) is 28.8 Å². The van der Waals surface area contributed by atoms with Gasteiger partial charge in [-0.05, 0) is 56.9 Å². The van der Waals surface area contributed by atoms with E-state index in [2.05, 4.69) is 11.4 Å².